The van der Waals surface area contributed by atoms with E-state index in [9.17, 15) is 4.79 Å². The van der Waals surface area contributed by atoms with Crippen LogP contribution < -0.4 is 0 Å². The molecule has 7 aromatic rings. The molecule has 0 atom stereocenters. The molecule has 254 valence electrons. The largest absolute Gasteiger partial charge is 0.354 e. The first-order valence-corrected chi connectivity index (χ1v) is 17.8. The fourth-order valence-corrected chi connectivity index (χ4v) is 7.31. The molecule has 8 bridgehead atoms. The van der Waals surface area contributed by atoms with Gasteiger partial charge < -0.3 is 9.97 Å². The van der Waals surface area contributed by atoms with Crippen molar-refractivity contribution in [2.75, 3.05) is 0 Å². The standard InChI is InChI=1S/C48H36N4O/c1-29-4-12-33(13-5-29)45-37-20-22-39(49-37)46(34-14-6-30(2)7-15-34)41-24-26-43(51-41)48(36-18-10-32(28-53)11-19-36)44-27-25-42(52-44)47(40-23-21-38(45)50-40)35-16-8-31(3)9-17-35/h4-28,49,52H,1-3H3. The molecule has 0 saturated heterocycles. The summed E-state index contributed by atoms with van der Waals surface area (Å²) in [6.07, 6.45) is 9.32. The second-order valence-corrected chi connectivity index (χ2v) is 13.8. The third-order valence-electron chi connectivity index (χ3n) is 10.1. The molecule has 0 aliphatic carbocycles. The summed E-state index contributed by atoms with van der Waals surface area (Å²) >= 11 is 0. The predicted octanol–water partition coefficient (Wildman–Crippen LogP) is 12.1. The monoisotopic (exact) mass is 684 g/mol. The SMILES string of the molecule is Cc1ccc(-c2c3nc(c(-c4ccc(C)cc4)c4ccc([nH]4)c(-c4ccc(C=O)cc4)c4nc(c(-c5ccc(C)cc5)c5ccc2[nH]5)C=C4)C=C3)cc1. The van der Waals surface area contributed by atoms with Crippen molar-refractivity contribution in [1.82, 2.24) is 19.9 Å². The number of H-pyrrole nitrogens is 2. The molecule has 0 fully saturated rings. The van der Waals surface area contributed by atoms with Gasteiger partial charge in [0.15, 0.2) is 0 Å². The zero-order chi connectivity index (χ0) is 36.1. The van der Waals surface area contributed by atoms with Crippen LogP contribution in [-0.2, 0) is 0 Å². The molecular weight excluding hydrogens is 649 g/mol. The zero-order valence-electron chi connectivity index (χ0n) is 29.7. The number of hydrogen-bond acceptors (Lipinski definition) is 3. The average molecular weight is 685 g/mol. The molecule has 3 aromatic heterocycles. The van der Waals surface area contributed by atoms with Crippen molar-refractivity contribution in [1.29, 1.82) is 0 Å². The number of hydrogen-bond donors (Lipinski definition) is 2. The molecule has 0 saturated carbocycles. The topological polar surface area (TPSA) is 74.4 Å². The number of aromatic nitrogens is 4. The Morgan fingerprint density at radius 3 is 0.906 bits per heavy atom. The van der Waals surface area contributed by atoms with E-state index in [1.54, 1.807) is 0 Å². The lowest BCUT2D eigenvalue weighted by molar-refractivity contribution is 0.112. The first-order valence-electron chi connectivity index (χ1n) is 17.8. The van der Waals surface area contributed by atoms with Crippen LogP contribution in [-0.4, -0.2) is 26.2 Å². The summed E-state index contributed by atoms with van der Waals surface area (Å²) in [5, 5.41) is 0. The lowest BCUT2D eigenvalue weighted by atomic mass is 10.0. The summed E-state index contributed by atoms with van der Waals surface area (Å²) in [5.74, 6) is 0. The maximum Gasteiger partial charge on any atom is 0.150 e. The van der Waals surface area contributed by atoms with Crippen molar-refractivity contribution < 1.29 is 4.79 Å². The van der Waals surface area contributed by atoms with Gasteiger partial charge in [-0.1, -0.05) is 114 Å². The van der Waals surface area contributed by atoms with Crippen LogP contribution in [0.3, 0.4) is 0 Å². The van der Waals surface area contributed by atoms with Gasteiger partial charge in [-0.2, -0.15) is 0 Å². The number of rotatable bonds is 5. The maximum absolute atomic E-state index is 11.6. The molecule has 0 amide bonds. The zero-order valence-corrected chi connectivity index (χ0v) is 29.7. The van der Waals surface area contributed by atoms with E-state index in [2.05, 4.69) is 152 Å². The minimum atomic E-state index is 0.623. The number of carbonyl (C=O) groups is 1. The van der Waals surface area contributed by atoms with E-state index in [1.807, 2.05) is 24.3 Å². The highest BCUT2D eigenvalue weighted by molar-refractivity contribution is 6.00. The highest BCUT2D eigenvalue weighted by atomic mass is 16.1. The molecule has 4 aromatic carbocycles. The number of aryl methyl sites for hydroxylation is 3. The van der Waals surface area contributed by atoms with Crippen LogP contribution in [0.4, 0.5) is 0 Å². The Kier molecular flexibility index (Phi) is 7.89. The molecule has 5 heteroatoms. The second kappa shape index (κ2) is 13.0. The molecule has 2 aliphatic heterocycles. The fraction of sp³-hybridized carbons (Fsp3) is 0.0625. The molecule has 0 radical (unpaired) electrons. The van der Waals surface area contributed by atoms with Crippen molar-refractivity contribution in [3.05, 3.63) is 166 Å². The Balaban J connectivity index is 1.46. The van der Waals surface area contributed by atoms with Crippen molar-refractivity contribution in [3.63, 3.8) is 0 Å². The van der Waals surface area contributed by atoms with Gasteiger partial charge in [0, 0.05) is 49.9 Å². The lowest BCUT2D eigenvalue weighted by Gasteiger charge is -2.07. The number of carbonyl (C=O) groups excluding carboxylic acids is 1. The van der Waals surface area contributed by atoms with Crippen molar-refractivity contribution >= 4 is 52.7 Å². The van der Waals surface area contributed by atoms with Crippen LogP contribution in [0.5, 0.6) is 0 Å². The van der Waals surface area contributed by atoms with Gasteiger partial charge in [0.2, 0.25) is 0 Å². The highest BCUT2D eigenvalue weighted by Gasteiger charge is 2.19. The molecule has 0 spiro atoms. The Morgan fingerprint density at radius 1 is 0.377 bits per heavy atom. The smallest absolute Gasteiger partial charge is 0.150 e. The molecule has 2 N–H and O–H groups in total. The Morgan fingerprint density at radius 2 is 0.642 bits per heavy atom. The van der Waals surface area contributed by atoms with Crippen LogP contribution >= 0.6 is 0 Å². The maximum atomic E-state index is 11.6. The molecule has 5 nitrogen and oxygen atoms in total. The third-order valence-corrected chi connectivity index (χ3v) is 10.1. The van der Waals surface area contributed by atoms with Crippen molar-refractivity contribution in [2.45, 2.75) is 20.8 Å². The molecule has 2 aliphatic rings. The van der Waals surface area contributed by atoms with Gasteiger partial charge in [0.05, 0.1) is 22.8 Å². The fourth-order valence-electron chi connectivity index (χ4n) is 7.31. The third kappa shape index (κ3) is 5.92. The van der Waals surface area contributed by atoms with E-state index in [0.717, 1.165) is 95.6 Å². The molecule has 53 heavy (non-hydrogen) atoms. The van der Waals surface area contributed by atoms with E-state index in [-0.39, 0.29) is 0 Å². The predicted molar refractivity (Wildman–Crippen MR) is 220 cm³/mol. The van der Waals surface area contributed by atoms with E-state index in [1.165, 1.54) is 16.7 Å². The highest BCUT2D eigenvalue weighted by Crippen LogP contribution is 2.38. The number of aromatic amines is 2. The van der Waals surface area contributed by atoms with Gasteiger partial charge in [0.25, 0.3) is 0 Å². The van der Waals surface area contributed by atoms with Crippen LogP contribution in [0, 0.1) is 20.8 Å². The summed E-state index contributed by atoms with van der Waals surface area (Å²) < 4.78 is 0. The summed E-state index contributed by atoms with van der Waals surface area (Å²) in [6, 6.07) is 42.1. The van der Waals surface area contributed by atoms with Gasteiger partial charge in [-0.05, 0) is 91.6 Å². The Hall–Kier alpha value is -6.85. The van der Waals surface area contributed by atoms with Crippen molar-refractivity contribution in [3.8, 4) is 44.5 Å². The molecule has 9 rings (SSSR count). The number of nitrogens with zero attached hydrogens (tertiary/aromatic N) is 2. The van der Waals surface area contributed by atoms with E-state index >= 15 is 0 Å². The van der Waals surface area contributed by atoms with Crippen LogP contribution in [0.2, 0.25) is 0 Å². The molecule has 5 heterocycles. The van der Waals surface area contributed by atoms with Gasteiger partial charge in [0.1, 0.15) is 6.29 Å². The normalized spacial score (nSPS) is 12.0. The number of fused-ring (bicyclic) bond motifs is 8. The van der Waals surface area contributed by atoms with E-state index < -0.39 is 0 Å². The van der Waals surface area contributed by atoms with Gasteiger partial charge in [-0.25, -0.2) is 9.97 Å². The van der Waals surface area contributed by atoms with Gasteiger partial charge >= 0.3 is 0 Å². The first kappa shape index (κ1) is 32.1. The summed E-state index contributed by atoms with van der Waals surface area (Å²) in [4.78, 5) is 30.0. The number of benzene rings is 4. The van der Waals surface area contributed by atoms with Gasteiger partial charge in [-0.15, -0.1) is 0 Å². The minimum absolute atomic E-state index is 0.623. The lowest BCUT2D eigenvalue weighted by Crippen LogP contribution is -1.90. The van der Waals surface area contributed by atoms with Crippen LogP contribution in [0.25, 0.3) is 90.9 Å². The van der Waals surface area contributed by atoms with Crippen LogP contribution in [0.1, 0.15) is 49.8 Å². The van der Waals surface area contributed by atoms with E-state index in [0.29, 0.717) is 5.56 Å². The first-order chi connectivity index (χ1) is 25.9. The van der Waals surface area contributed by atoms with E-state index in [4.69, 9.17) is 9.97 Å². The molecule has 0 unspecified atom stereocenters. The van der Waals surface area contributed by atoms with Gasteiger partial charge in [-0.3, -0.25) is 4.79 Å². The molecular formula is C48H36N4O. The summed E-state index contributed by atoms with van der Waals surface area (Å²) in [5.41, 5.74) is 19.6. The Bertz CT molecular complexity index is 2740. The Labute approximate surface area is 308 Å². The minimum Gasteiger partial charge on any atom is -0.354 e. The summed E-state index contributed by atoms with van der Waals surface area (Å²) in [6.45, 7) is 6.32. The number of nitrogens with one attached hydrogen (secondary N) is 2. The second-order valence-electron chi connectivity index (χ2n) is 13.8. The number of aldehydes is 1. The van der Waals surface area contributed by atoms with Crippen molar-refractivity contribution in [2.24, 2.45) is 0 Å². The summed E-state index contributed by atoms with van der Waals surface area (Å²) in [7, 11) is 0. The quantitative estimate of drug-likeness (QED) is 0.177. The average Bonchev–Trinajstić information content (AvgIpc) is 4.02. The van der Waals surface area contributed by atoms with Crippen LogP contribution in [0.15, 0.2) is 121 Å².